The SMILES string of the molecule is [CH2]N1C=CSC1OCC=O. The van der Waals surface area contributed by atoms with Crippen LogP contribution in [-0.4, -0.2) is 23.4 Å². The van der Waals surface area contributed by atoms with E-state index in [2.05, 4.69) is 7.05 Å². The molecular formula is C6H8NO2S. The summed E-state index contributed by atoms with van der Waals surface area (Å²) in [7, 11) is 3.66. The Labute approximate surface area is 64.0 Å². The molecule has 0 aliphatic carbocycles. The van der Waals surface area contributed by atoms with Crippen molar-refractivity contribution in [1.29, 1.82) is 0 Å². The van der Waals surface area contributed by atoms with E-state index in [1.165, 1.54) is 11.8 Å². The fourth-order valence-electron chi connectivity index (χ4n) is 0.586. The molecule has 1 aliphatic heterocycles. The number of carbonyl (C=O) groups is 1. The molecule has 0 aromatic rings. The molecule has 0 aromatic heterocycles. The fraction of sp³-hybridized carbons (Fsp3) is 0.333. The van der Waals surface area contributed by atoms with E-state index in [0.29, 0.717) is 0 Å². The first-order valence-corrected chi connectivity index (χ1v) is 3.75. The highest BCUT2D eigenvalue weighted by Crippen LogP contribution is 2.24. The van der Waals surface area contributed by atoms with Crippen LogP contribution in [0.3, 0.4) is 0 Å². The highest BCUT2D eigenvalue weighted by atomic mass is 32.2. The largest absolute Gasteiger partial charge is 0.341 e. The van der Waals surface area contributed by atoms with Crippen LogP contribution in [0, 0.1) is 7.05 Å². The minimum Gasteiger partial charge on any atom is -0.341 e. The summed E-state index contributed by atoms with van der Waals surface area (Å²) in [5.41, 5.74) is -0.120. The summed E-state index contributed by atoms with van der Waals surface area (Å²) < 4.78 is 5.06. The Morgan fingerprint density at radius 3 is 3.20 bits per heavy atom. The normalized spacial score (nSPS) is 23.7. The van der Waals surface area contributed by atoms with Gasteiger partial charge in [0.25, 0.3) is 0 Å². The molecule has 3 nitrogen and oxygen atoms in total. The molecular weight excluding hydrogens is 150 g/mol. The third-order valence-corrected chi connectivity index (χ3v) is 1.94. The minimum atomic E-state index is -0.120. The molecule has 1 atom stereocenters. The van der Waals surface area contributed by atoms with Crippen molar-refractivity contribution in [1.82, 2.24) is 4.90 Å². The van der Waals surface area contributed by atoms with Gasteiger partial charge in [-0.15, -0.1) is 0 Å². The van der Waals surface area contributed by atoms with Gasteiger partial charge in [-0.25, -0.2) is 0 Å². The highest BCUT2D eigenvalue weighted by molar-refractivity contribution is 8.02. The van der Waals surface area contributed by atoms with E-state index in [1.807, 2.05) is 5.41 Å². The van der Waals surface area contributed by atoms with Crippen LogP contribution in [0.5, 0.6) is 0 Å². The number of rotatable bonds is 3. The van der Waals surface area contributed by atoms with E-state index in [0.717, 1.165) is 6.29 Å². The van der Waals surface area contributed by atoms with Crippen LogP contribution in [0.25, 0.3) is 0 Å². The lowest BCUT2D eigenvalue weighted by Crippen LogP contribution is -2.21. The van der Waals surface area contributed by atoms with Crippen LogP contribution >= 0.6 is 11.8 Å². The average molecular weight is 158 g/mol. The quantitative estimate of drug-likeness (QED) is 0.568. The lowest BCUT2D eigenvalue weighted by molar-refractivity contribution is -0.113. The molecule has 1 radical (unpaired) electrons. The highest BCUT2D eigenvalue weighted by Gasteiger charge is 2.15. The van der Waals surface area contributed by atoms with E-state index in [4.69, 9.17) is 4.74 Å². The maximum absolute atomic E-state index is 9.87. The van der Waals surface area contributed by atoms with Crippen molar-refractivity contribution in [2.45, 2.75) is 5.56 Å². The van der Waals surface area contributed by atoms with Gasteiger partial charge in [-0.3, -0.25) is 0 Å². The molecule has 55 valence electrons. The Morgan fingerprint density at radius 2 is 2.70 bits per heavy atom. The summed E-state index contributed by atoms with van der Waals surface area (Å²) >= 11 is 1.49. The zero-order chi connectivity index (χ0) is 7.40. The van der Waals surface area contributed by atoms with Gasteiger partial charge in [0.05, 0.1) is 0 Å². The molecule has 1 unspecified atom stereocenters. The topological polar surface area (TPSA) is 29.5 Å². The van der Waals surface area contributed by atoms with Crippen molar-refractivity contribution in [2.75, 3.05) is 6.61 Å². The van der Waals surface area contributed by atoms with E-state index >= 15 is 0 Å². The second-order valence-electron chi connectivity index (χ2n) is 1.74. The van der Waals surface area contributed by atoms with Crippen LogP contribution in [-0.2, 0) is 9.53 Å². The molecule has 0 saturated carbocycles. The lowest BCUT2D eigenvalue weighted by Gasteiger charge is -2.17. The van der Waals surface area contributed by atoms with Crippen LogP contribution < -0.4 is 0 Å². The van der Waals surface area contributed by atoms with Gasteiger partial charge in [0, 0.05) is 13.2 Å². The van der Waals surface area contributed by atoms with E-state index in [9.17, 15) is 4.79 Å². The summed E-state index contributed by atoms with van der Waals surface area (Å²) in [5.74, 6) is 0. The van der Waals surface area contributed by atoms with Crippen molar-refractivity contribution in [3.8, 4) is 0 Å². The van der Waals surface area contributed by atoms with Gasteiger partial charge in [-0.1, -0.05) is 11.8 Å². The Bertz CT molecular complexity index is 149. The second-order valence-corrected chi connectivity index (χ2v) is 2.69. The molecule has 0 amide bonds. The average Bonchev–Trinajstić information content (AvgIpc) is 2.31. The Balaban J connectivity index is 2.23. The summed E-state index contributed by atoms with van der Waals surface area (Å²) in [6, 6.07) is 0. The van der Waals surface area contributed by atoms with Crippen molar-refractivity contribution in [2.24, 2.45) is 0 Å². The maximum atomic E-state index is 9.87. The van der Waals surface area contributed by atoms with Gasteiger partial charge < -0.3 is 14.4 Å². The van der Waals surface area contributed by atoms with Gasteiger partial charge in [-0.2, -0.15) is 0 Å². The van der Waals surface area contributed by atoms with Crippen molar-refractivity contribution < 1.29 is 9.53 Å². The maximum Gasteiger partial charge on any atom is 0.182 e. The predicted octanol–water partition coefficient (Wildman–Crippen LogP) is 0.797. The lowest BCUT2D eigenvalue weighted by atomic mass is 10.8. The van der Waals surface area contributed by atoms with Gasteiger partial charge in [-0.05, 0) is 5.41 Å². The summed E-state index contributed by atoms with van der Waals surface area (Å²) in [6.45, 7) is 0.130. The number of aldehydes is 1. The second kappa shape index (κ2) is 3.63. The van der Waals surface area contributed by atoms with Gasteiger partial charge in [0.2, 0.25) is 0 Å². The number of hydrogen-bond donors (Lipinski definition) is 0. The van der Waals surface area contributed by atoms with Crippen molar-refractivity contribution in [3.05, 3.63) is 18.7 Å². The first kappa shape index (κ1) is 7.63. The Morgan fingerprint density at radius 1 is 1.90 bits per heavy atom. The molecule has 0 fully saturated rings. The first-order chi connectivity index (χ1) is 4.84. The third-order valence-electron chi connectivity index (χ3n) is 1.02. The summed E-state index contributed by atoms with van der Waals surface area (Å²) in [6.07, 6.45) is 2.53. The van der Waals surface area contributed by atoms with Gasteiger partial charge in [0.1, 0.15) is 12.9 Å². The van der Waals surface area contributed by atoms with Crippen LogP contribution in [0.4, 0.5) is 0 Å². The molecule has 0 saturated heterocycles. The molecule has 0 N–H and O–H groups in total. The molecule has 1 aliphatic rings. The molecule has 0 aromatic carbocycles. The zero-order valence-corrected chi connectivity index (χ0v) is 6.21. The number of thioether (sulfide) groups is 1. The van der Waals surface area contributed by atoms with Crippen LogP contribution in [0.15, 0.2) is 11.6 Å². The summed E-state index contributed by atoms with van der Waals surface area (Å²) in [4.78, 5) is 11.5. The molecule has 1 rings (SSSR count). The van der Waals surface area contributed by atoms with Crippen molar-refractivity contribution in [3.63, 3.8) is 0 Å². The Hall–Kier alpha value is -0.480. The van der Waals surface area contributed by atoms with Crippen LogP contribution in [0.1, 0.15) is 0 Å². The number of carbonyl (C=O) groups excluding carboxylic acids is 1. The fourth-order valence-corrected chi connectivity index (χ4v) is 1.33. The number of hydrogen-bond acceptors (Lipinski definition) is 4. The van der Waals surface area contributed by atoms with E-state index in [-0.39, 0.29) is 12.2 Å². The van der Waals surface area contributed by atoms with Gasteiger partial charge in [0.15, 0.2) is 5.56 Å². The smallest absolute Gasteiger partial charge is 0.182 e. The molecule has 10 heavy (non-hydrogen) atoms. The minimum absolute atomic E-state index is 0.120. The van der Waals surface area contributed by atoms with Crippen LogP contribution in [0.2, 0.25) is 0 Å². The standard InChI is InChI=1S/C6H8NO2S/c1-7-2-5-10-6(7)9-4-3-8/h2-3,5-6H,1,4H2. The van der Waals surface area contributed by atoms with Gasteiger partial charge >= 0.3 is 0 Å². The third kappa shape index (κ3) is 1.75. The summed E-state index contributed by atoms with van der Waals surface area (Å²) in [5, 5.41) is 1.88. The predicted molar refractivity (Wildman–Crippen MR) is 39.7 cm³/mol. The Kier molecular flexibility index (Phi) is 2.77. The molecule has 1 heterocycles. The molecule has 0 bridgehead atoms. The van der Waals surface area contributed by atoms with E-state index < -0.39 is 0 Å². The monoisotopic (exact) mass is 158 g/mol. The number of nitrogens with zero attached hydrogens (tertiary/aromatic N) is 1. The van der Waals surface area contributed by atoms with Crippen molar-refractivity contribution >= 4 is 18.0 Å². The molecule has 0 spiro atoms. The zero-order valence-electron chi connectivity index (χ0n) is 5.40. The molecule has 4 heteroatoms. The number of ether oxygens (including phenoxy) is 1. The first-order valence-electron chi connectivity index (χ1n) is 2.81. The van der Waals surface area contributed by atoms with E-state index in [1.54, 1.807) is 11.1 Å².